The molecule has 0 aliphatic carbocycles. The van der Waals surface area contributed by atoms with Gasteiger partial charge in [0.25, 0.3) is 5.91 Å². The number of carbonyl (C=O) groups is 1. The van der Waals surface area contributed by atoms with Crippen LogP contribution in [0.15, 0.2) is 59.5 Å². The normalized spacial score (nSPS) is 11.1. The highest BCUT2D eigenvalue weighted by Crippen LogP contribution is 2.18. The predicted molar refractivity (Wildman–Crippen MR) is 107 cm³/mol. The SMILES string of the molecule is Cc1c(C(=O)NCc2cn3cc(Cl)ccc3n2)cnn1-c1cccc(Br)c1. The Kier molecular flexibility index (Phi) is 4.72. The number of fused-ring (bicyclic) bond motifs is 1. The van der Waals surface area contributed by atoms with Gasteiger partial charge in [0.1, 0.15) is 5.65 Å². The van der Waals surface area contributed by atoms with E-state index in [0.29, 0.717) is 17.1 Å². The monoisotopic (exact) mass is 443 g/mol. The molecule has 0 saturated carbocycles. The van der Waals surface area contributed by atoms with E-state index in [1.807, 2.05) is 47.9 Å². The molecule has 4 rings (SSSR count). The van der Waals surface area contributed by atoms with Crippen molar-refractivity contribution in [3.05, 3.63) is 81.4 Å². The summed E-state index contributed by atoms with van der Waals surface area (Å²) < 4.78 is 4.53. The molecule has 0 fully saturated rings. The lowest BCUT2D eigenvalue weighted by atomic mass is 10.2. The summed E-state index contributed by atoms with van der Waals surface area (Å²) in [4.78, 5) is 17.1. The van der Waals surface area contributed by atoms with Crippen LogP contribution in [0.4, 0.5) is 0 Å². The van der Waals surface area contributed by atoms with E-state index in [1.54, 1.807) is 23.1 Å². The van der Waals surface area contributed by atoms with Crippen molar-refractivity contribution in [3.8, 4) is 5.69 Å². The third kappa shape index (κ3) is 3.61. The van der Waals surface area contributed by atoms with Gasteiger partial charge in [-0.25, -0.2) is 9.67 Å². The number of halogens is 2. The number of benzene rings is 1. The molecule has 4 aromatic rings. The molecule has 136 valence electrons. The highest BCUT2D eigenvalue weighted by Gasteiger charge is 2.15. The van der Waals surface area contributed by atoms with Gasteiger partial charge in [0.05, 0.1) is 40.4 Å². The smallest absolute Gasteiger partial charge is 0.255 e. The molecular formula is C19H15BrClN5O. The average Bonchev–Trinajstić information content (AvgIpc) is 3.22. The first kappa shape index (κ1) is 17.8. The summed E-state index contributed by atoms with van der Waals surface area (Å²) in [7, 11) is 0. The third-order valence-electron chi connectivity index (χ3n) is 4.20. The van der Waals surface area contributed by atoms with Crippen molar-refractivity contribution in [2.24, 2.45) is 0 Å². The van der Waals surface area contributed by atoms with Crippen LogP contribution < -0.4 is 5.32 Å². The number of rotatable bonds is 4. The maximum absolute atomic E-state index is 12.6. The Bertz CT molecular complexity index is 1150. The van der Waals surface area contributed by atoms with Crippen LogP contribution in [0.3, 0.4) is 0 Å². The average molecular weight is 445 g/mol. The van der Waals surface area contributed by atoms with E-state index in [-0.39, 0.29) is 5.91 Å². The summed E-state index contributed by atoms with van der Waals surface area (Å²) in [6.45, 7) is 2.19. The molecule has 0 aliphatic heterocycles. The predicted octanol–water partition coefficient (Wildman–Crippen LogP) is 4.17. The van der Waals surface area contributed by atoms with Crippen molar-refractivity contribution < 1.29 is 4.79 Å². The van der Waals surface area contributed by atoms with Gasteiger partial charge in [-0.1, -0.05) is 33.6 Å². The molecule has 3 heterocycles. The van der Waals surface area contributed by atoms with E-state index < -0.39 is 0 Å². The number of hydrogen-bond donors (Lipinski definition) is 1. The second kappa shape index (κ2) is 7.17. The highest BCUT2D eigenvalue weighted by molar-refractivity contribution is 9.10. The van der Waals surface area contributed by atoms with Gasteiger partial charge < -0.3 is 9.72 Å². The fourth-order valence-electron chi connectivity index (χ4n) is 2.87. The van der Waals surface area contributed by atoms with Gasteiger partial charge >= 0.3 is 0 Å². The van der Waals surface area contributed by atoms with Gasteiger partial charge in [-0.2, -0.15) is 5.10 Å². The van der Waals surface area contributed by atoms with E-state index in [4.69, 9.17) is 11.6 Å². The fourth-order valence-corrected chi connectivity index (χ4v) is 3.42. The lowest BCUT2D eigenvalue weighted by Gasteiger charge is -2.06. The van der Waals surface area contributed by atoms with Gasteiger partial charge in [0, 0.05) is 16.9 Å². The number of nitrogens with one attached hydrogen (secondary N) is 1. The number of amides is 1. The van der Waals surface area contributed by atoms with Crippen LogP contribution in [0.5, 0.6) is 0 Å². The summed E-state index contributed by atoms with van der Waals surface area (Å²) >= 11 is 9.44. The number of hydrogen-bond acceptors (Lipinski definition) is 3. The molecule has 1 amide bonds. The van der Waals surface area contributed by atoms with Crippen molar-refractivity contribution in [3.63, 3.8) is 0 Å². The van der Waals surface area contributed by atoms with E-state index in [2.05, 4.69) is 31.3 Å². The number of imidazole rings is 1. The largest absolute Gasteiger partial charge is 0.346 e. The van der Waals surface area contributed by atoms with Gasteiger partial charge in [-0.15, -0.1) is 0 Å². The maximum Gasteiger partial charge on any atom is 0.255 e. The second-order valence-electron chi connectivity index (χ2n) is 6.06. The standard InChI is InChI=1S/C19H15BrClN5O/c1-12-17(9-23-26(12)16-4-2-3-13(20)7-16)19(27)22-8-15-11-25-10-14(21)5-6-18(25)24-15/h2-7,9-11H,8H2,1H3,(H,22,27). The fraction of sp³-hybridized carbons (Fsp3) is 0.105. The summed E-state index contributed by atoms with van der Waals surface area (Å²) in [5.74, 6) is -0.191. The van der Waals surface area contributed by atoms with Gasteiger partial charge in [0.2, 0.25) is 0 Å². The molecule has 3 aromatic heterocycles. The summed E-state index contributed by atoms with van der Waals surface area (Å²) in [5.41, 5.74) is 3.72. The van der Waals surface area contributed by atoms with Crippen molar-refractivity contribution in [1.82, 2.24) is 24.5 Å². The molecule has 0 aliphatic rings. The van der Waals surface area contributed by atoms with E-state index in [0.717, 1.165) is 27.2 Å². The quantitative estimate of drug-likeness (QED) is 0.514. The topological polar surface area (TPSA) is 64.2 Å². The molecule has 0 bridgehead atoms. The van der Waals surface area contributed by atoms with E-state index >= 15 is 0 Å². The van der Waals surface area contributed by atoms with Crippen molar-refractivity contribution in [1.29, 1.82) is 0 Å². The minimum atomic E-state index is -0.191. The molecule has 1 aromatic carbocycles. The molecule has 27 heavy (non-hydrogen) atoms. The molecule has 0 radical (unpaired) electrons. The number of aromatic nitrogens is 4. The molecule has 1 N–H and O–H groups in total. The van der Waals surface area contributed by atoms with Crippen LogP contribution in [0.25, 0.3) is 11.3 Å². The van der Waals surface area contributed by atoms with Crippen molar-refractivity contribution in [2.45, 2.75) is 13.5 Å². The van der Waals surface area contributed by atoms with Crippen LogP contribution >= 0.6 is 27.5 Å². The lowest BCUT2D eigenvalue weighted by Crippen LogP contribution is -2.23. The second-order valence-corrected chi connectivity index (χ2v) is 7.42. The van der Waals surface area contributed by atoms with Gasteiger partial charge in [-0.05, 0) is 37.3 Å². The van der Waals surface area contributed by atoms with Crippen LogP contribution in [-0.2, 0) is 6.54 Å². The summed E-state index contributed by atoms with van der Waals surface area (Å²) in [5, 5.41) is 7.88. The van der Waals surface area contributed by atoms with Crippen LogP contribution in [0.2, 0.25) is 5.02 Å². The van der Waals surface area contributed by atoms with E-state index in [9.17, 15) is 4.79 Å². The Balaban J connectivity index is 1.51. The summed E-state index contributed by atoms with van der Waals surface area (Å²) in [6, 6.07) is 11.4. The lowest BCUT2D eigenvalue weighted by molar-refractivity contribution is 0.0950. The third-order valence-corrected chi connectivity index (χ3v) is 4.92. The van der Waals surface area contributed by atoms with Crippen LogP contribution in [0.1, 0.15) is 21.7 Å². The molecule has 8 heteroatoms. The molecular weight excluding hydrogens is 430 g/mol. The first-order valence-corrected chi connectivity index (χ1v) is 9.40. The molecule has 0 saturated heterocycles. The maximum atomic E-state index is 12.6. The highest BCUT2D eigenvalue weighted by atomic mass is 79.9. The van der Waals surface area contributed by atoms with Crippen molar-refractivity contribution in [2.75, 3.05) is 0 Å². The zero-order valence-electron chi connectivity index (χ0n) is 14.4. The molecule has 0 spiro atoms. The van der Waals surface area contributed by atoms with Crippen LogP contribution in [-0.4, -0.2) is 25.1 Å². The molecule has 0 atom stereocenters. The van der Waals surface area contributed by atoms with E-state index in [1.165, 1.54) is 0 Å². The van der Waals surface area contributed by atoms with Crippen LogP contribution in [0, 0.1) is 6.92 Å². The molecule has 6 nitrogen and oxygen atoms in total. The summed E-state index contributed by atoms with van der Waals surface area (Å²) in [6.07, 6.45) is 5.20. The minimum Gasteiger partial charge on any atom is -0.346 e. The Morgan fingerprint density at radius 3 is 2.93 bits per heavy atom. The Morgan fingerprint density at radius 2 is 2.11 bits per heavy atom. The zero-order valence-corrected chi connectivity index (χ0v) is 16.7. The molecule has 0 unspecified atom stereocenters. The number of pyridine rings is 1. The zero-order chi connectivity index (χ0) is 19.0. The first-order chi connectivity index (χ1) is 13.0. The first-order valence-electron chi connectivity index (χ1n) is 8.23. The van der Waals surface area contributed by atoms with Crippen molar-refractivity contribution >= 4 is 39.1 Å². The Morgan fingerprint density at radius 1 is 1.26 bits per heavy atom. The number of carbonyl (C=O) groups excluding carboxylic acids is 1. The Hall–Kier alpha value is -2.64. The van der Waals surface area contributed by atoms with Gasteiger partial charge in [-0.3, -0.25) is 4.79 Å². The number of nitrogens with zero attached hydrogens (tertiary/aromatic N) is 4. The van der Waals surface area contributed by atoms with Gasteiger partial charge in [0.15, 0.2) is 0 Å². The Labute approximate surface area is 168 Å². The minimum absolute atomic E-state index is 0.191.